The Hall–Kier alpha value is -1.88. The summed E-state index contributed by atoms with van der Waals surface area (Å²) < 4.78 is 0. The summed E-state index contributed by atoms with van der Waals surface area (Å²) in [5.74, 6) is -1.86. The topological polar surface area (TPSA) is 106 Å². The number of rotatable bonds is 5. The summed E-state index contributed by atoms with van der Waals surface area (Å²) in [7, 11) is 0. The lowest BCUT2D eigenvalue weighted by molar-refractivity contribution is -0.124. The van der Waals surface area contributed by atoms with Gasteiger partial charge in [0.25, 0.3) is 0 Å². The van der Waals surface area contributed by atoms with Gasteiger partial charge >= 0.3 is 0 Å². The van der Waals surface area contributed by atoms with Crippen molar-refractivity contribution in [3.05, 3.63) is 35.4 Å². The summed E-state index contributed by atoms with van der Waals surface area (Å²) >= 11 is 0. The van der Waals surface area contributed by atoms with Crippen molar-refractivity contribution in [3.8, 4) is 0 Å². The largest absolute Gasteiger partial charge is 0.392 e. The fourth-order valence-electron chi connectivity index (χ4n) is 1.44. The van der Waals surface area contributed by atoms with Crippen molar-refractivity contribution in [1.82, 2.24) is 0 Å². The van der Waals surface area contributed by atoms with Crippen LogP contribution < -0.4 is 11.5 Å². The Kier molecular flexibility index (Phi) is 4.02. The Morgan fingerprint density at radius 1 is 1.19 bits per heavy atom. The summed E-state index contributed by atoms with van der Waals surface area (Å²) in [6.07, 6.45) is -0.103. The van der Waals surface area contributed by atoms with Gasteiger partial charge in [-0.05, 0) is 11.1 Å². The molecule has 1 aromatic rings. The molecule has 0 aliphatic heterocycles. The molecule has 2 amide bonds. The molecule has 0 radical (unpaired) electrons. The second kappa shape index (κ2) is 5.27. The third-order valence-corrected chi connectivity index (χ3v) is 2.31. The van der Waals surface area contributed by atoms with Gasteiger partial charge < -0.3 is 16.6 Å². The van der Waals surface area contributed by atoms with Crippen LogP contribution in [0.15, 0.2) is 24.3 Å². The molecule has 0 aliphatic carbocycles. The predicted octanol–water partition coefficient (Wildman–Crippen LogP) is -0.377. The van der Waals surface area contributed by atoms with Crippen LogP contribution >= 0.6 is 0 Å². The van der Waals surface area contributed by atoms with Gasteiger partial charge in [0.05, 0.1) is 12.5 Å². The molecule has 0 spiro atoms. The second-order valence-corrected chi connectivity index (χ2v) is 3.53. The maximum Gasteiger partial charge on any atom is 0.225 e. The number of carbonyl (C=O) groups excluding carboxylic acids is 2. The van der Waals surface area contributed by atoms with Crippen LogP contribution in [0, 0.1) is 0 Å². The van der Waals surface area contributed by atoms with Crippen molar-refractivity contribution < 1.29 is 14.7 Å². The molecule has 1 atom stereocenters. The average Bonchev–Trinajstić information content (AvgIpc) is 2.25. The molecule has 16 heavy (non-hydrogen) atoms. The SMILES string of the molecule is NC(=O)CC(C(N)=O)c1ccc(CO)cc1. The highest BCUT2D eigenvalue weighted by Gasteiger charge is 2.19. The minimum absolute atomic E-state index is 0.0721. The van der Waals surface area contributed by atoms with Crippen molar-refractivity contribution in [1.29, 1.82) is 0 Å². The first-order valence-electron chi connectivity index (χ1n) is 4.82. The van der Waals surface area contributed by atoms with E-state index in [1.807, 2.05) is 0 Å². The molecule has 1 rings (SSSR count). The zero-order chi connectivity index (χ0) is 12.1. The lowest BCUT2D eigenvalue weighted by atomic mass is 9.94. The molecule has 0 bridgehead atoms. The molecule has 86 valence electrons. The number of aliphatic hydroxyl groups excluding tert-OH is 1. The van der Waals surface area contributed by atoms with E-state index in [9.17, 15) is 9.59 Å². The molecule has 5 nitrogen and oxygen atoms in total. The van der Waals surface area contributed by atoms with Gasteiger partial charge in [-0.1, -0.05) is 24.3 Å². The molecule has 5 heteroatoms. The molecule has 0 aliphatic rings. The van der Waals surface area contributed by atoms with E-state index >= 15 is 0 Å². The number of hydrogen-bond acceptors (Lipinski definition) is 3. The molecular formula is C11H14N2O3. The first-order valence-corrected chi connectivity index (χ1v) is 4.82. The normalized spacial score (nSPS) is 12.1. The van der Waals surface area contributed by atoms with Crippen LogP contribution in [-0.4, -0.2) is 16.9 Å². The number of carbonyl (C=O) groups is 2. The van der Waals surface area contributed by atoms with Crippen molar-refractivity contribution in [2.24, 2.45) is 11.5 Å². The van der Waals surface area contributed by atoms with Crippen molar-refractivity contribution in [2.45, 2.75) is 18.9 Å². The Morgan fingerprint density at radius 3 is 2.12 bits per heavy atom. The van der Waals surface area contributed by atoms with E-state index in [2.05, 4.69) is 0 Å². The van der Waals surface area contributed by atoms with Crippen LogP contribution in [0.5, 0.6) is 0 Å². The summed E-state index contributed by atoms with van der Waals surface area (Å²) in [5, 5.41) is 8.86. The van der Waals surface area contributed by atoms with Gasteiger partial charge in [0.15, 0.2) is 0 Å². The maximum atomic E-state index is 11.2. The van der Waals surface area contributed by atoms with E-state index in [0.717, 1.165) is 5.56 Å². The zero-order valence-electron chi connectivity index (χ0n) is 8.72. The molecule has 0 fully saturated rings. The summed E-state index contributed by atoms with van der Waals surface area (Å²) in [6, 6.07) is 6.66. The monoisotopic (exact) mass is 222 g/mol. The minimum Gasteiger partial charge on any atom is -0.392 e. The van der Waals surface area contributed by atoms with Crippen molar-refractivity contribution in [2.75, 3.05) is 0 Å². The number of benzene rings is 1. The van der Waals surface area contributed by atoms with Gasteiger partial charge in [-0.3, -0.25) is 9.59 Å². The van der Waals surface area contributed by atoms with Gasteiger partial charge in [-0.25, -0.2) is 0 Å². The predicted molar refractivity (Wildman–Crippen MR) is 58.1 cm³/mol. The van der Waals surface area contributed by atoms with E-state index in [0.29, 0.717) is 5.56 Å². The molecule has 1 aromatic carbocycles. The van der Waals surface area contributed by atoms with E-state index in [-0.39, 0.29) is 13.0 Å². The molecule has 0 heterocycles. The highest BCUT2D eigenvalue weighted by atomic mass is 16.3. The Labute approximate surface area is 93.1 Å². The first-order chi connectivity index (χ1) is 7.54. The van der Waals surface area contributed by atoms with E-state index in [1.54, 1.807) is 24.3 Å². The Bertz CT molecular complexity index is 387. The van der Waals surface area contributed by atoms with Gasteiger partial charge in [-0.2, -0.15) is 0 Å². The number of aliphatic hydroxyl groups is 1. The quantitative estimate of drug-likeness (QED) is 0.632. The third-order valence-electron chi connectivity index (χ3n) is 2.31. The maximum absolute atomic E-state index is 11.2. The van der Waals surface area contributed by atoms with Gasteiger partial charge in [0.1, 0.15) is 0 Å². The van der Waals surface area contributed by atoms with Gasteiger partial charge in [-0.15, -0.1) is 0 Å². The fraction of sp³-hybridized carbons (Fsp3) is 0.273. The minimum atomic E-state index is -0.703. The van der Waals surface area contributed by atoms with Crippen molar-refractivity contribution >= 4 is 11.8 Å². The molecule has 1 unspecified atom stereocenters. The molecule has 0 saturated heterocycles. The number of primary amides is 2. The highest BCUT2D eigenvalue weighted by molar-refractivity contribution is 5.88. The standard InChI is InChI=1S/C11H14N2O3/c12-10(15)5-9(11(13)16)8-3-1-7(6-14)2-4-8/h1-4,9,14H,5-6H2,(H2,12,15)(H2,13,16). The van der Waals surface area contributed by atoms with Gasteiger partial charge in [0, 0.05) is 6.42 Å². The Morgan fingerprint density at radius 2 is 1.75 bits per heavy atom. The summed E-state index contributed by atoms with van der Waals surface area (Å²) in [4.78, 5) is 21.9. The molecule has 0 saturated carbocycles. The molecule has 0 aromatic heterocycles. The summed E-state index contributed by atoms with van der Waals surface area (Å²) in [5.41, 5.74) is 11.6. The summed E-state index contributed by atoms with van der Waals surface area (Å²) in [6.45, 7) is -0.0721. The third kappa shape index (κ3) is 3.06. The van der Waals surface area contributed by atoms with Crippen LogP contribution in [0.3, 0.4) is 0 Å². The first kappa shape index (κ1) is 12.2. The van der Waals surface area contributed by atoms with Crippen LogP contribution in [0.4, 0.5) is 0 Å². The average molecular weight is 222 g/mol. The number of amides is 2. The van der Waals surface area contributed by atoms with Crippen LogP contribution in [-0.2, 0) is 16.2 Å². The smallest absolute Gasteiger partial charge is 0.225 e. The van der Waals surface area contributed by atoms with Crippen LogP contribution in [0.2, 0.25) is 0 Å². The highest BCUT2D eigenvalue weighted by Crippen LogP contribution is 2.19. The van der Waals surface area contributed by atoms with E-state index in [4.69, 9.17) is 16.6 Å². The lowest BCUT2D eigenvalue weighted by Crippen LogP contribution is -2.26. The number of nitrogens with two attached hydrogens (primary N) is 2. The van der Waals surface area contributed by atoms with E-state index < -0.39 is 17.7 Å². The zero-order valence-corrected chi connectivity index (χ0v) is 8.72. The van der Waals surface area contributed by atoms with Crippen molar-refractivity contribution in [3.63, 3.8) is 0 Å². The molecular weight excluding hydrogens is 208 g/mol. The lowest BCUT2D eigenvalue weighted by Gasteiger charge is -2.11. The second-order valence-electron chi connectivity index (χ2n) is 3.53. The molecule has 5 N–H and O–H groups in total. The van der Waals surface area contributed by atoms with Crippen LogP contribution in [0.1, 0.15) is 23.5 Å². The van der Waals surface area contributed by atoms with E-state index in [1.165, 1.54) is 0 Å². The fourth-order valence-corrected chi connectivity index (χ4v) is 1.44. The van der Waals surface area contributed by atoms with Crippen LogP contribution in [0.25, 0.3) is 0 Å². The Balaban J connectivity index is 2.92. The number of hydrogen-bond donors (Lipinski definition) is 3. The van der Waals surface area contributed by atoms with Gasteiger partial charge in [0.2, 0.25) is 11.8 Å².